The molecule has 0 fully saturated rings. The normalized spacial score (nSPS) is 11.8. The number of ketones is 1. The molecule has 2 aromatic carbocycles. The van der Waals surface area contributed by atoms with E-state index in [1.165, 1.54) is 14.0 Å². The zero-order chi connectivity index (χ0) is 20.5. The third kappa shape index (κ3) is 5.15. The number of esters is 1. The van der Waals surface area contributed by atoms with E-state index in [1.807, 2.05) is 18.2 Å². The third-order valence-electron chi connectivity index (χ3n) is 3.97. The zero-order valence-corrected chi connectivity index (χ0v) is 15.6. The van der Waals surface area contributed by atoms with E-state index >= 15 is 0 Å². The molecule has 0 aliphatic rings. The second-order valence-electron chi connectivity index (χ2n) is 5.95. The predicted octanol–water partition coefficient (Wildman–Crippen LogP) is 3.53. The van der Waals surface area contributed by atoms with E-state index in [9.17, 15) is 9.59 Å². The van der Waals surface area contributed by atoms with Gasteiger partial charge in [0.2, 0.25) is 0 Å². The van der Waals surface area contributed by atoms with Gasteiger partial charge in [-0.2, -0.15) is 5.26 Å². The Balaban J connectivity index is 2.32. The molecule has 1 unspecified atom stereocenters. The number of Topliss-reactive ketones (excluding diaryl/α,β-unsaturated/α-hetero) is 1. The Bertz CT molecular complexity index is 943. The van der Waals surface area contributed by atoms with E-state index in [-0.39, 0.29) is 11.3 Å². The topological polar surface area (TPSA) is 100 Å². The molecule has 0 aliphatic carbocycles. The molecule has 0 bridgehead atoms. The number of nitrogens with one attached hydrogen (secondary N) is 1. The van der Waals surface area contributed by atoms with E-state index in [0.717, 1.165) is 0 Å². The van der Waals surface area contributed by atoms with Crippen molar-refractivity contribution in [3.05, 3.63) is 65.7 Å². The molecule has 0 amide bonds. The van der Waals surface area contributed by atoms with Crippen molar-refractivity contribution in [3.63, 3.8) is 0 Å². The molecule has 28 heavy (non-hydrogen) atoms. The first-order valence-corrected chi connectivity index (χ1v) is 8.52. The van der Waals surface area contributed by atoms with E-state index in [4.69, 9.17) is 20.1 Å². The standard InChI is InChI=1S/C22H20N2O4/c1-15(24)19(13-23)20(25)14-28-22(26)18(16-8-4-3-5-9-16)12-17-10-6-7-11-21(17)27-2/h3-12,19,24H,14H2,1-2H3/b18-12+,24-15?. The molecule has 0 spiro atoms. The fraction of sp³-hybridized carbons (Fsp3) is 0.182. The van der Waals surface area contributed by atoms with Gasteiger partial charge in [-0.05, 0) is 24.6 Å². The molecule has 0 aromatic heterocycles. The first-order valence-electron chi connectivity index (χ1n) is 8.52. The van der Waals surface area contributed by atoms with Crippen molar-refractivity contribution >= 4 is 29.1 Å². The smallest absolute Gasteiger partial charge is 0.339 e. The number of benzene rings is 2. The summed E-state index contributed by atoms with van der Waals surface area (Å²) in [5.41, 5.74) is 1.46. The van der Waals surface area contributed by atoms with Gasteiger partial charge in [-0.15, -0.1) is 0 Å². The number of para-hydroxylation sites is 1. The summed E-state index contributed by atoms with van der Waals surface area (Å²) in [5, 5.41) is 16.5. The molecule has 0 saturated heterocycles. The number of nitriles is 1. The summed E-state index contributed by atoms with van der Waals surface area (Å²) in [5.74, 6) is -1.97. The second kappa shape index (κ2) is 9.83. The van der Waals surface area contributed by atoms with Crippen LogP contribution in [0.4, 0.5) is 0 Å². The fourth-order valence-corrected chi connectivity index (χ4v) is 2.53. The Hall–Kier alpha value is -3.72. The Morgan fingerprint density at radius 2 is 1.79 bits per heavy atom. The molecule has 142 valence electrons. The van der Waals surface area contributed by atoms with E-state index in [0.29, 0.717) is 16.9 Å². The Labute approximate surface area is 163 Å². The molecule has 0 heterocycles. The molecular formula is C22H20N2O4. The Kier molecular flexibility index (Phi) is 7.23. The highest BCUT2D eigenvalue weighted by Gasteiger charge is 2.23. The maximum atomic E-state index is 12.7. The summed E-state index contributed by atoms with van der Waals surface area (Å²) < 4.78 is 10.5. The Morgan fingerprint density at radius 1 is 1.14 bits per heavy atom. The molecule has 2 rings (SSSR count). The van der Waals surface area contributed by atoms with Gasteiger partial charge in [-0.1, -0.05) is 48.5 Å². The third-order valence-corrected chi connectivity index (χ3v) is 3.97. The van der Waals surface area contributed by atoms with Gasteiger partial charge >= 0.3 is 5.97 Å². The monoisotopic (exact) mass is 376 g/mol. The lowest BCUT2D eigenvalue weighted by Crippen LogP contribution is -2.25. The summed E-state index contributed by atoms with van der Waals surface area (Å²) in [6.45, 7) is 0.786. The number of hydrogen-bond donors (Lipinski definition) is 1. The van der Waals surface area contributed by atoms with Gasteiger partial charge in [0.05, 0.1) is 18.8 Å². The van der Waals surface area contributed by atoms with Crippen molar-refractivity contribution in [1.82, 2.24) is 0 Å². The van der Waals surface area contributed by atoms with E-state index in [1.54, 1.807) is 48.5 Å². The van der Waals surface area contributed by atoms with Crippen LogP contribution in [0.1, 0.15) is 18.1 Å². The van der Waals surface area contributed by atoms with E-state index in [2.05, 4.69) is 0 Å². The molecule has 1 N–H and O–H groups in total. The lowest BCUT2D eigenvalue weighted by atomic mass is 10.0. The van der Waals surface area contributed by atoms with Crippen molar-refractivity contribution in [1.29, 1.82) is 10.7 Å². The SMILES string of the molecule is COc1ccccc1/C=C(/C(=O)OCC(=O)C(C#N)C(C)=N)c1ccccc1. The van der Waals surface area contributed by atoms with Gasteiger partial charge in [0.15, 0.2) is 12.4 Å². The quantitative estimate of drug-likeness (QED) is 0.329. The molecule has 0 saturated carbocycles. The second-order valence-corrected chi connectivity index (χ2v) is 5.95. The lowest BCUT2D eigenvalue weighted by molar-refractivity contribution is -0.142. The number of hydrogen-bond acceptors (Lipinski definition) is 6. The summed E-state index contributed by atoms with van der Waals surface area (Å²) in [7, 11) is 1.54. The highest BCUT2D eigenvalue weighted by atomic mass is 16.5. The number of carbonyl (C=O) groups excluding carboxylic acids is 2. The molecule has 6 heteroatoms. The van der Waals surface area contributed by atoms with Crippen LogP contribution in [0.25, 0.3) is 11.6 Å². The van der Waals surface area contributed by atoms with E-state index < -0.39 is 24.3 Å². The van der Waals surface area contributed by atoms with Gasteiger partial charge in [0.1, 0.15) is 11.7 Å². The van der Waals surface area contributed by atoms with Crippen molar-refractivity contribution in [2.24, 2.45) is 5.92 Å². The Morgan fingerprint density at radius 3 is 2.39 bits per heavy atom. The van der Waals surface area contributed by atoms with Crippen LogP contribution < -0.4 is 4.74 Å². The van der Waals surface area contributed by atoms with Crippen LogP contribution in [0.15, 0.2) is 54.6 Å². The number of ether oxygens (including phenoxy) is 2. The molecule has 6 nitrogen and oxygen atoms in total. The predicted molar refractivity (Wildman–Crippen MR) is 106 cm³/mol. The van der Waals surface area contributed by atoms with Gasteiger partial charge in [0, 0.05) is 11.3 Å². The molecule has 2 aromatic rings. The molecule has 0 radical (unpaired) electrons. The fourth-order valence-electron chi connectivity index (χ4n) is 2.53. The molecule has 0 aliphatic heterocycles. The maximum Gasteiger partial charge on any atom is 0.339 e. The first-order chi connectivity index (χ1) is 13.5. The average molecular weight is 376 g/mol. The lowest BCUT2D eigenvalue weighted by Gasteiger charge is -2.11. The van der Waals surface area contributed by atoms with Crippen LogP contribution in [-0.4, -0.2) is 31.2 Å². The highest BCUT2D eigenvalue weighted by molar-refractivity contribution is 6.22. The summed E-state index contributed by atoms with van der Waals surface area (Å²) in [6, 6.07) is 17.8. The van der Waals surface area contributed by atoms with Crippen LogP contribution in [0.3, 0.4) is 0 Å². The maximum absolute atomic E-state index is 12.7. The van der Waals surface area contributed by atoms with Crippen molar-refractivity contribution in [2.75, 3.05) is 13.7 Å². The van der Waals surface area contributed by atoms with Crippen molar-refractivity contribution in [3.8, 4) is 11.8 Å². The van der Waals surface area contributed by atoms with Gasteiger partial charge in [-0.25, -0.2) is 4.79 Å². The minimum atomic E-state index is -1.22. The van der Waals surface area contributed by atoms with Crippen LogP contribution >= 0.6 is 0 Å². The number of nitrogens with zero attached hydrogens (tertiary/aromatic N) is 1. The largest absolute Gasteiger partial charge is 0.496 e. The van der Waals surface area contributed by atoms with Crippen LogP contribution in [-0.2, 0) is 14.3 Å². The molecular weight excluding hydrogens is 356 g/mol. The highest BCUT2D eigenvalue weighted by Crippen LogP contribution is 2.25. The van der Waals surface area contributed by atoms with Crippen LogP contribution in [0.2, 0.25) is 0 Å². The summed E-state index contributed by atoms with van der Waals surface area (Å²) in [4.78, 5) is 24.8. The summed E-state index contributed by atoms with van der Waals surface area (Å²) in [6.07, 6.45) is 1.63. The number of carbonyl (C=O) groups is 2. The van der Waals surface area contributed by atoms with Crippen molar-refractivity contribution in [2.45, 2.75) is 6.92 Å². The molecule has 1 atom stereocenters. The zero-order valence-electron chi connectivity index (χ0n) is 15.6. The van der Waals surface area contributed by atoms with Gasteiger partial charge < -0.3 is 14.9 Å². The average Bonchev–Trinajstić information content (AvgIpc) is 2.71. The minimum absolute atomic E-state index is 0.0867. The number of rotatable bonds is 8. The summed E-state index contributed by atoms with van der Waals surface area (Å²) >= 11 is 0. The minimum Gasteiger partial charge on any atom is -0.496 e. The van der Waals surface area contributed by atoms with Crippen molar-refractivity contribution < 1.29 is 19.1 Å². The van der Waals surface area contributed by atoms with Crippen LogP contribution in [0, 0.1) is 22.7 Å². The van der Waals surface area contributed by atoms with Gasteiger partial charge in [-0.3, -0.25) is 4.79 Å². The van der Waals surface area contributed by atoms with Gasteiger partial charge in [0.25, 0.3) is 0 Å². The number of methoxy groups -OCH3 is 1. The van der Waals surface area contributed by atoms with Crippen LogP contribution in [0.5, 0.6) is 5.75 Å². The first kappa shape index (κ1) is 20.6.